The molecule has 0 spiro atoms. The standard InChI is InChI=1S/C18H24N2O2S/c1-5-6-14-11-15(13-16(23)12-14)19-7-9-20(10-8-19)17(21)22-18(2,3)4/h1,11-13,23H,6-10H2,2-4H3. The molecule has 23 heavy (non-hydrogen) atoms. The Balaban J connectivity index is 1.99. The third-order valence-corrected chi connectivity index (χ3v) is 3.82. The number of piperazine rings is 1. The molecule has 1 aliphatic heterocycles. The fourth-order valence-corrected chi connectivity index (χ4v) is 2.83. The van der Waals surface area contributed by atoms with E-state index in [2.05, 4.69) is 29.5 Å². The van der Waals surface area contributed by atoms with E-state index in [4.69, 9.17) is 11.2 Å². The number of hydrogen-bond donors (Lipinski definition) is 1. The molecule has 0 atom stereocenters. The van der Waals surface area contributed by atoms with Gasteiger partial charge in [0.05, 0.1) is 0 Å². The van der Waals surface area contributed by atoms with Gasteiger partial charge in [0.25, 0.3) is 0 Å². The number of anilines is 1. The number of terminal acetylenes is 1. The summed E-state index contributed by atoms with van der Waals surface area (Å²) in [6, 6.07) is 6.12. The molecule has 0 N–H and O–H groups in total. The zero-order valence-electron chi connectivity index (χ0n) is 14.0. The fraction of sp³-hybridized carbons (Fsp3) is 0.500. The monoisotopic (exact) mass is 332 g/mol. The Bertz CT molecular complexity index is 608. The lowest BCUT2D eigenvalue weighted by Crippen LogP contribution is -2.50. The molecule has 1 aliphatic rings. The van der Waals surface area contributed by atoms with Gasteiger partial charge in [0.1, 0.15) is 5.60 Å². The number of amides is 1. The Morgan fingerprint density at radius 1 is 1.26 bits per heavy atom. The first kappa shape index (κ1) is 17.6. The van der Waals surface area contributed by atoms with Gasteiger partial charge in [-0.25, -0.2) is 4.79 Å². The van der Waals surface area contributed by atoms with E-state index >= 15 is 0 Å². The van der Waals surface area contributed by atoms with Gasteiger partial charge in [-0.05, 0) is 44.5 Å². The topological polar surface area (TPSA) is 32.8 Å². The highest BCUT2D eigenvalue weighted by molar-refractivity contribution is 7.80. The lowest BCUT2D eigenvalue weighted by Gasteiger charge is -2.37. The highest BCUT2D eigenvalue weighted by atomic mass is 32.1. The molecule has 1 fully saturated rings. The summed E-state index contributed by atoms with van der Waals surface area (Å²) < 4.78 is 5.42. The van der Waals surface area contributed by atoms with E-state index in [9.17, 15) is 4.79 Å². The second kappa shape index (κ2) is 7.18. The lowest BCUT2D eigenvalue weighted by molar-refractivity contribution is 0.0240. The summed E-state index contributed by atoms with van der Waals surface area (Å²) in [6.45, 7) is 8.48. The van der Waals surface area contributed by atoms with Crippen molar-refractivity contribution in [3.8, 4) is 12.3 Å². The summed E-state index contributed by atoms with van der Waals surface area (Å²) in [4.78, 5) is 17.0. The summed E-state index contributed by atoms with van der Waals surface area (Å²) in [7, 11) is 0. The Morgan fingerprint density at radius 3 is 2.48 bits per heavy atom. The molecule has 1 aromatic carbocycles. The molecule has 2 rings (SSSR count). The van der Waals surface area contributed by atoms with Crippen molar-refractivity contribution in [3.63, 3.8) is 0 Å². The summed E-state index contributed by atoms with van der Waals surface area (Å²) in [5, 5.41) is 0. The van der Waals surface area contributed by atoms with Crippen molar-refractivity contribution in [1.82, 2.24) is 4.90 Å². The maximum Gasteiger partial charge on any atom is 0.410 e. The van der Waals surface area contributed by atoms with E-state index in [0.29, 0.717) is 19.5 Å². The molecule has 4 nitrogen and oxygen atoms in total. The minimum atomic E-state index is -0.460. The zero-order valence-corrected chi connectivity index (χ0v) is 14.9. The molecule has 1 aromatic rings. The van der Waals surface area contributed by atoms with Crippen LogP contribution in [0.4, 0.5) is 10.5 Å². The van der Waals surface area contributed by atoms with Crippen LogP contribution in [-0.2, 0) is 11.2 Å². The number of benzene rings is 1. The van der Waals surface area contributed by atoms with Crippen molar-refractivity contribution in [2.24, 2.45) is 0 Å². The van der Waals surface area contributed by atoms with E-state index < -0.39 is 5.60 Å². The van der Waals surface area contributed by atoms with E-state index in [-0.39, 0.29) is 6.09 Å². The molecule has 0 aromatic heterocycles. The molecule has 1 amide bonds. The highest BCUT2D eigenvalue weighted by Crippen LogP contribution is 2.23. The average molecular weight is 332 g/mol. The van der Waals surface area contributed by atoms with Crippen LogP contribution in [0.5, 0.6) is 0 Å². The first-order chi connectivity index (χ1) is 10.8. The molecule has 124 valence electrons. The second-order valence-electron chi connectivity index (χ2n) is 6.69. The Labute approximate surface area is 144 Å². The predicted octanol–water partition coefficient (Wildman–Crippen LogP) is 3.21. The Kier molecular flexibility index (Phi) is 5.48. The van der Waals surface area contributed by atoms with Gasteiger partial charge in [0.2, 0.25) is 0 Å². The van der Waals surface area contributed by atoms with Crippen LogP contribution in [-0.4, -0.2) is 42.8 Å². The van der Waals surface area contributed by atoms with Gasteiger partial charge in [-0.2, -0.15) is 0 Å². The largest absolute Gasteiger partial charge is 0.444 e. The number of rotatable bonds is 2. The third kappa shape index (κ3) is 5.11. The quantitative estimate of drug-likeness (QED) is 0.667. The van der Waals surface area contributed by atoms with E-state index in [1.165, 1.54) is 0 Å². The molecule has 0 radical (unpaired) electrons. The number of thiol groups is 1. The highest BCUT2D eigenvalue weighted by Gasteiger charge is 2.26. The van der Waals surface area contributed by atoms with Crippen LogP contribution in [0.2, 0.25) is 0 Å². The molecule has 0 saturated carbocycles. The van der Waals surface area contributed by atoms with E-state index in [1.54, 1.807) is 4.90 Å². The molecular weight excluding hydrogens is 308 g/mol. The fourth-order valence-electron chi connectivity index (χ4n) is 2.53. The van der Waals surface area contributed by atoms with Crippen molar-refractivity contribution in [3.05, 3.63) is 23.8 Å². The van der Waals surface area contributed by atoms with Gasteiger partial charge < -0.3 is 14.5 Å². The number of carbonyl (C=O) groups is 1. The summed E-state index contributed by atoms with van der Waals surface area (Å²) in [5.74, 6) is 2.66. The normalized spacial score (nSPS) is 15.3. The van der Waals surface area contributed by atoms with E-state index in [0.717, 1.165) is 29.2 Å². The SMILES string of the molecule is C#CCc1cc(S)cc(N2CCN(C(=O)OC(C)(C)C)CC2)c1. The van der Waals surface area contributed by atoms with Crippen molar-refractivity contribution in [1.29, 1.82) is 0 Å². The molecule has 1 heterocycles. The number of ether oxygens (including phenoxy) is 1. The molecule has 0 bridgehead atoms. The van der Waals surface area contributed by atoms with Gasteiger partial charge in [-0.3, -0.25) is 0 Å². The molecule has 0 aliphatic carbocycles. The minimum Gasteiger partial charge on any atom is -0.444 e. The molecular formula is C18H24N2O2S. The van der Waals surface area contributed by atoms with Gasteiger partial charge in [-0.15, -0.1) is 25.0 Å². The first-order valence-electron chi connectivity index (χ1n) is 7.78. The summed E-state index contributed by atoms with van der Waals surface area (Å²) in [6.07, 6.45) is 5.75. The van der Waals surface area contributed by atoms with Crippen LogP contribution >= 0.6 is 12.6 Å². The molecule has 1 saturated heterocycles. The van der Waals surface area contributed by atoms with Crippen LogP contribution in [0, 0.1) is 12.3 Å². The van der Waals surface area contributed by atoms with Gasteiger partial charge in [0.15, 0.2) is 0 Å². The van der Waals surface area contributed by atoms with Gasteiger partial charge in [-0.1, -0.05) is 0 Å². The summed E-state index contributed by atoms with van der Waals surface area (Å²) >= 11 is 4.45. The first-order valence-corrected chi connectivity index (χ1v) is 8.22. The number of carbonyl (C=O) groups excluding carboxylic acids is 1. The zero-order chi connectivity index (χ0) is 17.0. The minimum absolute atomic E-state index is 0.242. The van der Waals surface area contributed by atoms with Crippen LogP contribution in [0.15, 0.2) is 23.1 Å². The van der Waals surface area contributed by atoms with Crippen LogP contribution in [0.25, 0.3) is 0 Å². The number of hydrogen-bond acceptors (Lipinski definition) is 4. The van der Waals surface area contributed by atoms with Crippen molar-refractivity contribution in [2.45, 2.75) is 37.7 Å². The predicted molar refractivity (Wildman–Crippen MR) is 96.3 cm³/mol. The molecule has 5 heteroatoms. The van der Waals surface area contributed by atoms with E-state index in [1.807, 2.05) is 32.9 Å². The van der Waals surface area contributed by atoms with Crippen LogP contribution in [0.1, 0.15) is 26.3 Å². The average Bonchev–Trinajstić information content (AvgIpc) is 2.45. The Morgan fingerprint density at radius 2 is 1.91 bits per heavy atom. The van der Waals surface area contributed by atoms with Gasteiger partial charge >= 0.3 is 6.09 Å². The molecule has 0 unspecified atom stereocenters. The maximum absolute atomic E-state index is 12.1. The lowest BCUT2D eigenvalue weighted by atomic mass is 10.1. The second-order valence-corrected chi connectivity index (χ2v) is 7.21. The third-order valence-electron chi connectivity index (χ3n) is 3.57. The van der Waals surface area contributed by atoms with Crippen molar-refractivity contribution in [2.75, 3.05) is 31.1 Å². The van der Waals surface area contributed by atoms with Crippen molar-refractivity contribution >= 4 is 24.4 Å². The maximum atomic E-state index is 12.1. The van der Waals surface area contributed by atoms with Crippen LogP contribution in [0.3, 0.4) is 0 Å². The number of nitrogens with zero attached hydrogens (tertiary/aromatic N) is 2. The smallest absolute Gasteiger partial charge is 0.410 e. The summed E-state index contributed by atoms with van der Waals surface area (Å²) in [5.41, 5.74) is 1.73. The Hall–Kier alpha value is -1.80. The van der Waals surface area contributed by atoms with Crippen molar-refractivity contribution < 1.29 is 9.53 Å². The van der Waals surface area contributed by atoms with Crippen LogP contribution < -0.4 is 4.90 Å². The van der Waals surface area contributed by atoms with Gasteiger partial charge in [0, 0.05) is 43.2 Å².